The molecule has 1 N–H and O–H groups in total. The summed E-state index contributed by atoms with van der Waals surface area (Å²) in [6.07, 6.45) is 3.76. The number of pyridine rings is 1. The van der Waals surface area contributed by atoms with E-state index in [4.69, 9.17) is 0 Å². The number of rotatable bonds is 3. The summed E-state index contributed by atoms with van der Waals surface area (Å²) in [5.74, 6) is 0. The van der Waals surface area contributed by atoms with Crippen LogP contribution in [0.1, 0.15) is 22.7 Å². The third-order valence-corrected chi connectivity index (χ3v) is 4.77. The van der Waals surface area contributed by atoms with Crippen LogP contribution in [-0.2, 0) is 6.54 Å². The van der Waals surface area contributed by atoms with Gasteiger partial charge in [0, 0.05) is 49.1 Å². The second kappa shape index (κ2) is 8.06. The van der Waals surface area contributed by atoms with Gasteiger partial charge in [-0.05, 0) is 41.8 Å². The lowest BCUT2D eigenvalue weighted by Gasteiger charge is -2.36. The summed E-state index contributed by atoms with van der Waals surface area (Å²) in [5, 5.41) is 3.50. The zero-order valence-electron chi connectivity index (χ0n) is 12.6. The number of aryl methyl sites for hydroxylation is 1. The molecule has 1 fully saturated rings. The van der Waals surface area contributed by atoms with Gasteiger partial charge in [0.15, 0.2) is 0 Å². The van der Waals surface area contributed by atoms with E-state index in [1.54, 1.807) is 0 Å². The molecule has 1 aromatic heterocycles. The summed E-state index contributed by atoms with van der Waals surface area (Å²) in [7, 11) is 0. The quantitative estimate of drug-likeness (QED) is 0.877. The lowest BCUT2D eigenvalue weighted by Crippen LogP contribution is -2.45. The highest BCUT2D eigenvalue weighted by molar-refractivity contribution is 9.10. The zero-order valence-corrected chi connectivity index (χ0v) is 15.0. The summed E-state index contributed by atoms with van der Waals surface area (Å²) in [4.78, 5) is 6.67. The van der Waals surface area contributed by atoms with Gasteiger partial charge in [-0.3, -0.25) is 9.88 Å². The number of hydrogen-bond donors (Lipinski definition) is 1. The fraction of sp³-hybridized carbons (Fsp3) is 0.353. The monoisotopic (exact) mass is 381 g/mol. The minimum absolute atomic E-state index is 0. The average Bonchev–Trinajstić information content (AvgIpc) is 2.51. The van der Waals surface area contributed by atoms with E-state index in [0.29, 0.717) is 6.04 Å². The SMILES string of the molecule is Cc1ccc(CN2CCNCC2c2ccncc2)c(Br)c1.Cl. The summed E-state index contributed by atoms with van der Waals surface area (Å²) in [5.41, 5.74) is 3.97. The van der Waals surface area contributed by atoms with Gasteiger partial charge in [-0.2, -0.15) is 0 Å². The van der Waals surface area contributed by atoms with Crippen molar-refractivity contribution in [1.29, 1.82) is 0 Å². The Bertz CT molecular complexity index is 606. The van der Waals surface area contributed by atoms with Crippen LogP contribution in [0.15, 0.2) is 47.2 Å². The van der Waals surface area contributed by atoms with E-state index in [2.05, 4.69) is 68.4 Å². The molecule has 2 heterocycles. The third-order valence-electron chi connectivity index (χ3n) is 4.03. The van der Waals surface area contributed by atoms with Gasteiger partial charge >= 0.3 is 0 Å². The van der Waals surface area contributed by atoms with Gasteiger partial charge in [0.2, 0.25) is 0 Å². The van der Waals surface area contributed by atoms with Crippen LogP contribution in [0.3, 0.4) is 0 Å². The van der Waals surface area contributed by atoms with Crippen LogP contribution >= 0.6 is 28.3 Å². The number of aromatic nitrogens is 1. The molecule has 1 atom stereocenters. The van der Waals surface area contributed by atoms with Crippen molar-refractivity contribution in [1.82, 2.24) is 15.2 Å². The molecule has 1 aromatic carbocycles. The highest BCUT2D eigenvalue weighted by atomic mass is 79.9. The Morgan fingerprint density at radius 2 is 2.05 bits per heavy atom. The summed E-state index contributed by atoms with van der Waals surface area (Å²) in [6, 6.07) is 11.3. The maximum Gasteiger partial charge on any atom is 0.0477 e. The van der Waals surface area contributed by atoms with E-state index < -0.39 is 0 Å². The largest absolute Gasteiger partial charge is 0.314 e. The van der Waals surface area contributed by atoms with E-state index in [1.165, 1.54) is 21.2 Å². The van der Waals surface area contributed by atoms with E-state index >= 15 is 0 Å². The molecule has 22 heavy (non-hydrogen) atoms. The molecule has 1 aliphatic rings. The molecular weight excluding hydrogens is 362 g/mol. The normalized spacial score (nSPS) is 18.7. The minimum Gasteiger partial charge on any atom is -0.314 e. The van der Waals surface area contributed by atoms with Gasteiger partial charge in [-0.15, -0.1) is 12.4 Å². The third kappa shape index (κ3) is 4.07. The smallest absolute Gasteiger partial charge is 0.0477 e. The molecule has 0 bridgehead atoms. The Morgan fingerprint density at radius 1 is 1.27 bits per heavy atom. The van der Waals surface area contributed by atoms with Crippen LogP contribution in [0.4, 0.5) is 0 Å². The Morgan fingerprint density at radius 3 is 2.77 bits per heavy atom. The molecule has 0 spiro atoms. The van der Waals surface area contributed by atoms with Crippen molar-refractivity contribution in [3.8, 4) is 0 Å². The molecule has 0 amide bonds. The molecule has 1 saturated heterocycles. The van der Waals surface area contributed by atoms with Gasteiger partial charge in [0.25, 0.3) is 0 Å². The van der Waals surface area contributed by atoms with Crippen LogP contribution in [-0.4, -0.2) is 29.5 Å². The van der Waals surface area contributed by atoms with Crippen LogP contribution < -0.4 is 5.32 Å². The second-order valence-corrected chi connectivity index (χ2v) is 6.42. The second-order valence-electron chi connectivity index (χ2n) is 5.57. The maximum absolute atomic E-state index is 4.13. The average molecular weight is 383 g/mol. The Balaban J connectivity index is 0.00000176. The molecule has 1 aliphatic heterocycles. The highest BCUT2D eigenvalue weighted by Gasteiger charge is 2.24. The summed E-state index contributed by atoms with van der Waals surface area (Å²) < 4.78 is 1.20. The van der Waals surface area contributed by atoms with E-state index in [0.717, 1.165) is 26.2 Å². The van der Waals surface area contributed by atoms with E-state index in [1.807, 2.05) is 12.4 Å². The Labute approximate surface area is 146 Å². The van der Waals surface area contributed by atoms with Crippen LogP contribution in [0.25, 0.3) is 0 Å². The number of hydrogen-bond acceptors (Lipinski definition) is 3. The summed E-state index contributed by atoms with van der Waals surface area (Å²) >= 11 is 3.70. The molecule has 1 unspecified atom stereocenters. The van der Waals surface area contributed by atoms with E-state index in [9.17, 15) is 0 Å². The minimum atomic E-state index is 0. The van der Waals surface area contributed by atoms with Gasteiger partial charge in [0.05, 0.1) is 0 Å². The first-order valence-electron chi connectivity index (χ1n) is 7.34. The van der Waals surface area contributed by atoms with Gasteiger partial charge in [-0.1, -0.05) is 28.1 Å². The van der Waals surface area contributed by atoms with Gasteiger partial charge < -0.3 is 5.32 Å². The van der Waals surface area contributed by atoms with Crippen molar-refractivity contribution in [2.45, 2.75) is 19.5 Å². The fourth-order valence-corrected chi connectivity index (χ4v) is 3.47. The molecule has 0 saturated carbocycles. The number of nitrogens with one attached hydrogen (secondary N) is 1. The Kier molecular flexibility index (Phi) is 6.38. The van der Waals surface area contributed by atoms with Crippen LogP contribution in [0.5, 0.6) is 0 Å². The number of halogens is 2. The van der Waals surface area contributed by atoms with Crippen molar-refractivity contribution in [3.63, 3.8) is 0 Å². The predicted octanol–water partition coefficient (Wildman–Crippen LogP) is 3.72. The standard InChI is InChI=1S/C17H20BrN3.ClH/c1-13-2-3-15(16(18)10-13)12-21-9-8-20-11-17(21)14-4-6-19-7-5-14;/h2-7,10,17,20H,8-9,11-12H2,1H3;1H. The number of nitrogens with zero attached hydrogens (tertiary/aromatic N) is 2. The molecule has 118 valence electrons. The predicted molar refractivity (Wildman–Crippen MR) is 96.4 cm³/mol. The van der Waals surface area contributed by atoms with Gasteiger partial charge in [0.1, 0.15) is 0 Å². The molecule has 0 radical (unpaired) electrons. The summed E-state index contributed by atoms with van der Waals surface area (Å²) in [6.45, 7) is 6.19. The first-order chi connectivity index (χ1) is 10.2. The van der Waals surface area contributed by atoms with Crippen molar-refractivity contribution in [2.24, 2.45) is 0 Å². The topological polar surface area (TPSA) is 28.2 Å². The first kappa shape index (κ1) is 17.4. The fourth-order valence-electron chi connectivity index (χ4n) is 2.85. The van der Waals surface area contributed by atoms with E-state index in [-0.39, 0.29) is 12.4 Å². The van der Waals surface area contributed by atoms with Crippen LogP contribution in [0, 0.1) is 6.92 Å². The van der Waals surface area contributed by atoms with Crippen LogP contribution in [0.2, 0.25) is 0 Å². The molecular formula is C17H21BrClN3. The molecule has 3 rings (SSSR count). The number of piperazine rings is 1. The highest BCUT2D eigenvalue weighted by Crippen LogP contribution is 2.26. The molecule has 0 aliphatic carbocycles. The molecule has 5 heteroatoms. The molecule has 2 aromatic rings. The van der Waals surface area contributed by atoms with Crippen molar-refractivity contribution in [3.05, 3.63) is 63.9 Å². The Hall–Kier alpha value is -0.940. The maximum atomic E-state index is 4.13. The zero-order chi connectivity index (χ0) is 14.7. The lowest BCUT2D eigenvalue weighted by molar-refractivity contribution is 0.153. The van der Waals surface area contributed by atoms with Crippen molar-refractivity contribution >= 4 is 28.3 Å². The lowest BCUT2D eigenvalue weighted by atomic mass is 10.0. The first-order valence-corrected chi connectivity index (χ1v) is 8.13. The van der Waals surface area contributed by atoms with Gasteiger partial charge in [-0.25, -0.2) is 0 Å². The molecule has 3 nitrogen and oxygen atoms in total. The number of benzene rings is 1. The van der Waals surface area contributed by atoms with Crippen molar-refractivity contribution < 1.29 is 0 Å². The van der Waals surface area contributed by atoms with Crippen molar-refractivity contribution in [2.75, 3.05) is 19.6 Å².